The maximum atomic E-state index is 11.9. The van der Waals surface area contributed by atoms with E-state index >= 15 is 0 Å². The lowest BCUT2D eigenvalue weighted by molar-refractivity contribution is -0.144. The number of aryl methyl sites for hydroxylation is 1. The minimum atomic E-state index is -0.274. The summed E-state index contributed by atoms with van der Waals surface area (Å²) in [6, 6.07) is 19.2. The van der Waals surface area contributed by atoms with Gasteiger partial charge in [-0.25, -0.2) is 0 Å². The van der Waals surface area contributed by atoms with Gasteiger partial charge in [0.15, 0.2) is 5.76 Å². The van der Waals surface area contributed by atoms with Crippen LogP contribution in [-0.2, 0) is 22.6 Å². The number of benzene rings is 2. The topological polar surface area (TPSA) is 52.3 Å². The molecule has 4 heteroatoms. The van der Waals surface area contributed by atoms with Gasteiger partial charge in [-0.2, -0.15) is 0 Å². The standard InChI is InChI=1S/C19H17NO3/c1-14-7-5-6-10-16(14)11-19(21)22-13-17-12-18(23-20-17)15-8-3-2-4-9-15/h2-10,12H,11,13H2,1H3. The van der Waals surface area contributed by atoms with Gasteiger partial charge in [0.25, 0.3) is 0 Å². The highest BCUT2D eigenvalue weighted by atomic mass is 16.5. The van der Waals surface area contributed by atoms with Gasteiger partial charge in [0.2, 0.25) is 0 Å². The summed E-state index contributed by atoms with van der Waals surface area (Å²) in [5.41, 5.74) is 3.60. The molecule has 0 unspecified atom stereocenters. The fourth-order valence-electron chi connectivity index (χ4n) is 2.29. The van der Waals surface area contributed by atoms with E-state index in [4.69, 9.17) is 9.26 Å². The molecule has 0 bridgehead atoms. The number of carbonyl (C=O) groups is 1. The summed E-state index contributed by atoms with van der Waals surface area (Å²) in [5, 5.41) is 3.94. The van der Waals surface area contributed by atoms with Crippen molar-refractivity contribution in [3.63, 3.8) is 0 Å². The number of ether oxygens (including phenoxy) is 1. The Morgan fingerprint density at radius 2 is 1.83 bits per heavy atom. The summed E-state index contributed by atoms with van der Waals surface area (Å²) >= 11 is 0. The van der Waals surface area contributed by atoms with Gasteiger partial charge in [-0.15, -0.1) is 0 Å². The van der Waals surface area contributed by atoms with Crippen molar-refractivity contribution in [1.82, 2.24) is 5.16 Å². The van der Waals surface area contributed by atoms with Crippen molar-refractivity contribution in [3.05, 3.63) is 77.5 Å². The van der Waals surface area contributed by atoms with E-state index in [1.165, 1.54) is 0 Å². The number of hydrogen-bond acceptors (Lipinski definition) is 4. The second-order valence-electron chi connectivity index (χ2n) is 5.31. The van der Waals surface area contributed by atoms with E-state index < -0.39 is 0 Å². The van der Waals surface area contributed by atoms with Crippen LogP contribution < -0.4 is 0 Å². The normalized spacial score (nSPS) is 10.5. The summed E-state index contributed by atoms with van der Waals surface area (Å²) in [4.78, 5) is 11.9. The third-order valence-corrected chi connectivity index (χ3v) is 3.59. The molecule has 3 aromatic rings. The van der Waals surface area contributed by atoms with Crippen LogP contribution in [0.15, 0.2) is 65.2 Å². The summed E-state index contributed by atoms with van der Waals surface area (Å²) < 4.78 is 10.6. The van der Waals surface area contributed by atoms with Crippen molar-refractivity contribution >= 4 is 5.97 Å². The molecule has 0 aliphatic rings. The number of carbonyl (C=O) groups excluding carboxylic acids is 1. The zero-order valence-electron chi connectivity index (χ0n) is 12.9. The van der Waals surface area contributed by atoms with Crippen LogP contribution in [0, 0.1) is 6.92 Å². The molecule has 4 nitrogen and oxygen atoms in total. The van der Waals surface area contributed by atoms with Crippen molar-refractivity contribution in [2.45, 2.75) is 20.0 Å². The number of aromatic nitrogens is 1. The van der Waals surface area contributed by atoms with Gasteiger partial charge < -0.3 is 9.26 Å². The Morgan fingerprint density at radius 3 is 2.61 bits per heavy atom. The molecule has 1 aromatic heterocycles. The fraction of sp³-hybridized carbons (Fsp3) is 0.158. The summed E-state index contributed by atoms with van der Waals surface area (Å²) in [5.74, 6) is 0.388. The van der Waals surface area contributed by atoms with Crippen molar-refractivity contribution in [2.75, 3.05) is 0 Å². The van der Waals surface area contributed by atoms with Crippen molar-refractivity contribution in [3.8, 4) is 11.3 Å². The smallest absolute Gasteiger partial charge is 0.310 e. The Morgan fingerprint density at radius 1 is 1.09 bits per heavy atom. The monoisotopic (exact) mass is 307 g/mol. The lowest BCUT2D eigenvalue weighted by Crippen LogP contribution is -2.09. The quantitative estimate of drug-likeness (QED) is 0.670. The molecule has 0 fully saturated rings. The molecule has 0 saturated heterocycles. The highest BCUT2D eigenvalue weighted by Gasteiger charge is 2.10. The third-order valence-electron chi connectivity index (χ3n) is 3.59. The molecular weight excluding hydrogens is 290 g/mol. The Kier molecular flexibility index (Phi) is 4.52. The largest absolute Gasteiger partial charge is 0.459 e. The Balaban J connectivity index is 1.58. The summed E-state index contributed by atoms with van der Waals surface area (Å²) in [7, 11) is 0. The molecule has 0 aliphatic heterocycles. The van der Waals surface area contributed by atoms with E-state index in [0.29, 0.717) is 11.5 Å². The minimum absolute atomic E-state index is 0.112. The van der Waals surface area contributed by atoms with Gasteiger partial charge in [0, 0.05) is 11.6 Å². The molecule has 0 atom stereocenters. The van der Waals surface area contributed by atoms with Crippen molar-refractivity contribution < 1.29 is 14.1 Å². The highest BCUT2D eigenvalue weighted by molar-refractivity contribution is 5.73. The van der Waals surface area contributed by atoms with Crippen LogP contribution in [0.5, 0.6) is 0 Å². The van der Waals surface area contributed by atoms with Crippen LogP contribution in [0.4, 0.5) is 0 Å². The molecule has 0 amide bonds. The summed E-state index contributed by atoms with van der Waals surface area (Å²) in [6.07, 6.45) is 0.260. The van der Waals surface area contributed by atoms with Gasteiger partial charge >= 0.3 is 5.97 Å². The zero-order valence-corrected chi connectivity index (χ0v) is 12.9. The van der Waals surface area contributed by atoms with E-state index in [9.17, 15) is 4.79 Å². The highest BCUT2D eigenvalue weighted by Crippen LogP contribution is 2.20. The maximum absolute atomic E-state index is 11.9. The first-order valence-electron chi connectivity index (χ1n) is 7.43. The molecule has 0 saturated carbocycles. The molecule has 0 aliphatic carbocycles. The van der Waals surface area contributed by atoms with Crippen LogP contribution in [0.3, 0.4) is 0 Å². The van der Waals surface area contributed by atoms with E-state index in [1.807, 2.05) is 61.5 Å². The van der Waals surface area contributed by atoms with E-state index in [1.54, 1.807) is 6.07 Å². The van der Waals surface area contributed by atoms with Gasteiger partial charge in [0.1, 0.15) is 12.3 Å². The van der Waals surface area contributed by atoms with Crippen LogP contribution >= 0.6 is 0 Å². The van der Waals surface area contributed by atoms with Crippen LogP contribution in [0.1, 0.15) is 16.8 Å². The summed E-state index contributed by atoms with van der Waals surface area (Å²) in [6.45, 7) is 2.09. The van der Waals surface area contributed by atoms with Gasteiger partial charge in [0.05, 0.1) is 6.42 Å². The predicted octanol–water partition coefficient (Wildman–Crippen LogP) is 3.94. The van der Waals surface area contributed by atoms with Crippen molar-refractivity contribution in [1.29, 1.82) is 0 Å². The average molecular weight is 307 g/mol. The Labute approximate surface area is 134 Å². The van der Waals surface area contributed by atoms with E-state index in [-0.39, 0.29) is 19.0 Å². The maximum Gasteiger partial charge on any atom is 0.310 e. The third kappa shape index (κ3) is 3.86. The molecule has 3 rings (SSSR count). The number of nitrogens with zero attached hydrogens (tertiary/aromatic N) is 1. The van der Waals surface area contributed by atoms with Crippen LogP contribution in [0.2, 0.25) is 0 Å². The molecule has 0 N–H and O–H groups in total. The zero-order chi connectivity index (χ0) is 16.1. The minimum Gasteiger partial charge on any atom is -0.459 e. The second kappa shape index (κ2) is 6.92. The van der Waals surface area contributed by atoms with Crippen LogP contribution in [0.25, 0.3) is 11.3 Å². The van der Waals surface area contributed by atoms with E-state index in [0.717, 1.165) is 16.7 Å². The first kappa shape index (κ1) is 15.0. The van der Waals surface area contributed by atoms with Gasteiger partial charge in [-0.1, -0.05) is 59.8 Å². The predicted molar refractivity (Wildman–Crippen MR) is 86.6 cm³/mol. The Bertz CT molecular complexity index is 793. The first-order valence-corrected chi connectivity index (χ1v) is 7.43. The van der Waals surface area contributed by atoms with Crippen LogP contribution in [-0.4, -0.2) is 11.1 Å². The SMILES string of the molecule is Cc1ccccc1CC(=O)OCc1cc(-c2ccccc2)on1. The van der Waals surface area contributed by atoms with Gasteiger partial charge in [-0.3, -0.25) is 4.79 Å². The lowest BCUT2D eigenvalue weighted by Gasteiger charge is -2.05. The fourth-order valence-corrected chi connectivity index (χ4v) is 2.29. The molecule has 23 heavy (non-hydrogen) atoms. The number of esters is 1. The lowest BCUT2D eigenvalue weighted by atomic mass is 10.1. The second-order valence-corrected chi connectivity index (χ2v) is 5.31. The molecule has 0 radical (unpaired) electrons. The number of hydrogen-bond donors (Lipinski definition) is 0. The number of rotatable bonds is 5. The van der Waals surface area contributed by atoms with E-state index in [2.05, 4.69) is 5.16 Å². The molecular formula is C19H17NO3. The molecule has 0 spiro atoms. The molecule has 116 valence electrons. The van der Waals surface area contributed by atoms with Gasteiger partial charge in [-0.05, 0) is 18.1 Å². The molecule has 2 aromatic carbocycles. The first-order chi connectivity index (χ1) is 11.2. The average Bonchev–Trinajstić information content (AvgIpc) is 3.05. The Hall–Kier alpha value is -2.88. The molecule has 1 heterocycles. The van der Waals surface area contributed by atoms with Crippen molar-refractivity contribution in [2.24, 2.45) is 0 Å².